The zero-order valence-corrected chi connectivity index (χ0v) is 10.6. The van der Waals surface area contributed by atoms with Crippen LogP contribution in [0.4, 0.5) is 0 Å². The minimum absolute atomic E-state index is 0.475. The SMILES string of the molecule is NCC(CCCc1cccnc1)c1ccccc1. The smallest absolute Gasteiger partial charge is 0.0299 e. The fourth-order valence-electron chi connectivity index (χ4n) is 2.24. The van der Waals surface area contributed by atoms with Gasteiger partial charge in [-0.05, 0) is 48.9 Å². The highest BCUT2D eigenvalue weighted by atomic mass is 14.6. The lowest BCUT2D eigenvalue weighted by molar-refractivity contribution is 0.598. The first-order valence-electron chi connectivity index (χ1n) is 6.54. The third-order valence-corrected chi connectivity index (χ3v) is 3.30. The van der Waals surface area contributed by atoms with Crippen molar-refractivity contribution in [1.29, 1.82) is 0 Å². The number of rotatable bonds is 6. The van der Waals surface area contributed by atoms with Gasteiger partial charge in [-0.2, -0.15) is 0 Å². The number of aryl methyl sites for hydroxylation is 1. The van der Waals surface area contributed by atoms with E-state index in [1.165, 1.54) is 11.1 Å². The van der Waals surface area contributed by atoms with Crippen molar-refractivity contribution < 1.29 is 0 Å². The molecule has 0 saturated carbocycles. The summed E-state index contributed by atoms with van der Waals surface area (Å²) in [5, 5.41) is 0. The van der Waals surface area contributed by atoms with Crippen molar-refractivity contribution >= 4 is 0 Å². The summed E-state index contributed by atoms with van der Waals surface area (Å²) in [5.74, 6) is 0.475. The van der Waals surface area contributed by atoms with Gasteiger partial charge in [0.2, 0.25) is 0 Å². The van der Waals surface area contributed by atoms with Crippen LogP contribution in [0, 0.1) is 0 Å². The number of hydrogen-bond acceptors (Lipinski definition) is 2. The zero-order valence-electron chi connectivity index (χ0n) is 10.6. The average molecular weight is 240 g/mol. The van der Waals surface area contributed by atoms with Gasteiger partial charge >= 0.3 is 0 Å². The molecule has 94 valence electrons. The maximum absolute atomic E-state index is 5.87. The third kappa shape index (κ3) is 3.67. The Labute approximate surface area is 109 Å². The Morgan fingerprint density at radius 2 is 1.89 bits per heavy atom. The predicted octanol–water partition coefficient (Wildman–Crippen LogP) is 3.15. The summed E-state index contributed by atoms with van der Waals surface area (Å²) in [6.45, 7) is 0.719. The predicted molar refractivity (Wildman–Crippen MR) is 75.4 cm³/mol. The maximum atomic E-state index is 5.87. The van der Waals surface area contributed by atoms with E-state index < -0.39 is 0 Å². The van der Waals surface area contributed by atoms with Gasteiger partial charge in [-0.1, -0.05) is 36.4 Å². The van der Waals surface area contributed by atoms with E-state index in [4.69, 9.17) is 5.73 Å². The standard InChI is InChI=1S/C16H20N2/c17-12-16(15-8-2-1-3-9-15)10-4-6-14-7-5-11-18-13-14/h1-3,5,7-9,11,13,16H,4,6,10,12,17H2. The van der Waals surface area contributed by atoms with Gasteiger partial charge < -0.3 is 5.73 Å². The molecule has 2 rings (SSSR count). The highest BCUT2D eigenvalue weighted by Crippen LogP contribution is 2.20. The highest BCUT2D eigenvalue weighted by molar-refractivity contribution is 5.19. The van der Waals surface area contributed by atoms with Gasteiger partial charge in [-0.25, -0.2) is 0 Å². The van der Waals surface area contributed by atoms with Crippen LogP contribution in [-0.4, -0.2) is 11.5 Å². The normalized spacial score (nSPS) is 12.3. The zero-order chi connectivity index (χ0) is 12.6. The number of aromatic nitrogens is 1. The highest BCUT2D eigenvalue weighted by Gasteiger charge is 2.08. The van der Waals surface area contributed by atoms with Crippen LogP contribution in [0.15, 0.2) is 54.9 Å². The lowest BCUT2D eigenvalue weighted by Gasteiger charge is -2.14. The van der Waals surface area contributed by atoms with E-state index >= 15 is 0 Å². The molecule has 1 atom stereocenters. The monoisotopic (exact) mass is 240 g/mol. The summed E-state index contributed by atoms with van der Waals surface area (Å²) in [4.78, 5) is 4.14. The van der Waals surface area contributed by atoms with Gasteiger partial charge in [-0.15, -0.1) is 0 Å². The Bertz CT molecular complexity index is 439. The van der Waals surface area contributed by atoms with Crippen molar-refractivity contribution in [2.75, 3.05) is 6.54 Å². The summed E-state index contributed by atoms with van der Waals surface area (Å²) in [5.41, 5.74) is 8.53. The molecule has 1 heterocycles. The fraction of sp³-hybridized carbons (Fsp3) is 0.312. The Morgan fingerprint density at radius 1 is 1.06 bits per heavy atom. The fourth-order valence-corrected chi connectivity index (χ4v) is 2.24. The molecule has 0 bridgehead atoms. The van der Waals surface area contributed by atoms with Gasteiger partial charge in [0.05, 0.1) is 0 Å². The van der Waals surface area contributed by atoms with E-state index in [1.807, 2.05) is 24.5 Å². The molecule has 0 amide bonds. The molecule has 0 saturated heterocycles. The Balaban J connectivity index is 1.85. The Hall–Kier alpha value is -1.67. The van der Waals surface area contributed by atoms with E-state index in [1.54, 1.807) is 0 Å². The molecule has 2 aromatic rings. The van der Waals surface area contributed by atoms with E-state index in [9.17, 15) is 0 Å². The van der Waals surface area contributed by atoms with E-state index in [-0.39, 0.29) is 0 Å². The summed E-state index contributed by atoms with van der Waals surface area (Å²) >= 11 is 0. The first-order chi connectivity index (χ1) is 8.90. The minimum atomic E-state index is 0.475. The topological polar surface area (TPSA) is 38.9 Å². The van der Waals surface area contributed by atoms with Gasteiger partial charge in [0.1, 0.15) is 0 Å². The minimum Gasteiger partial charge on any atom is -0.330 e. The van der Waals surface area contributed by atoms with Crippen molar-refractivity contribution in [3.63, 3.8) is 0 Å². The van der Waals surface area contributed by atoms with E-state index in [0.29, 0.717) is 5.92 Å². The number of benzene rings is 1. The van der Waals surface area contributed by atoms with Crippen LogP contribution in [0.3, 0.4) is 0 Å². The summed E-state index contributed by atoms with van der Waals surface area (Å²) < 4.78 is 0. The molecule has 18 heavy (non-hydrogen) atoms. The van der Waals surface area contributed by atoms with E-state index in [2.05, 4.69) is 35.3 Å². The summed E-state index contributed by atoms with van der Waals surface area (Å²) in [6.07, 6.45) is 7.13. The molecular weight excluding hydrogens is 220 g/mol. The number of hydrogen-bond donors (Lipinski definition) is 1. The van der Waals surface area contributed by atoms with Crippen LogP contribution in [0.25, 0.3) is 0 Å². The third-order valence-electron chi connectivity index (χ3n) is 3.30. The van der Waals surface area contributed by atoms with Crippen LogP contribution < -0.4 is 5.73 Å². The first kappa shape index (κ1) is 12.8. The molecule has 1 aromatic carbocycles. The van der Waals surface area contributed by atoms with Crippen molar-refractivity contribution in [2.45, 2.75) is 25.2 Å². The molecule has 0 aliphatic heterocycles. The second kappa shape index (κ2) is 6.92. The average Bonchev–Trinajstić information content (AvgIpc) is 2.46. The van der Waals surface area contributed by atoms with Gasteiger partial charge in [0.25, 0.3) is 0 Å². The molecule has 0 aliphatic carbocycles. The lowest BCUT2D eigenvalue weighted by Crippen LogP contribution is -2.12. The van der Waals surface area contributed by atoms with Crippen molar-refractivity contribution in [2.24, 2.45) is 5.73 Å². The molecule has 2 heteroatoms. The van der Waals surface area contributed by atoms with E-state index in [0.717, 1.165) is 25.8 Å². The molecule has 0 fully saturated rings. The molecule has 1 unspecified atom stereocenters. The second-order valence-electron chi connectivity index (χ2n) is 4.60. The largest absolute Gasteiger partial charge is 0.330 e. The van der Waals surface area contributed by atoms with Crippen molar-refractivity contribution in [3.05, 3.63) is 66.0 Å². The van der Waals surface area contributed by atoms with Crippen LogP contribution >= 0.6 is 0 Å². The molecular formula is C16H20N2. The van der Waals surface area contributed by atoms with Gasteiger partial charge in [0.15, 0.2) is 0 Å². The first-order valence-corrected chi connectivity index (χ1v) is 6.54. The molecule has 1 aromatic heterocycles. The van der Waals surface area contributed by atoms with Crippen LogP contribution in [0.2, 0.25) is 0 Å². The second-order valence-corrected chi connectivity index (χ2v) is 4.60. The quantitative estimate of drug-likeness (QED) is 0.842. The summed E-state index contributed by atoms with van der Waals surface area (Å²) in [6, 6.07) is 14.7. The van der Waals surface area contributed by atoms with Crippen molar-refractivity contribution in [3.8, 4) is 0 Å². The van der Waals surface area contributed by atoms with Gasteiger partial charge in [-0.3, -0.25) is 4.98 Å². The molecule has 0 spiro atoms. The van der Waals surface area contributed by atoms with Crippen LogP contribution in [-0.2, 0) is 6.42 Å². The Morgan fingerprint density at radius 3 is 2.56 bits per heavy atom. The number of nitrogens with zero attached hydrogens (tertiary/aromatic N) is 1. The van der Waals surface area contributed by atoms with Crippen molar-refractivity contribution in [1.82, 2.24) is 4.98 Å². The van der Waals surface area contributed by atoms with Crippen LogP contribution in [0.5, 0.6) is 0 Å². The van der Waals surface area contributed by atoms with Gasteiger partial charge in [0, 0.05) is 12.4 Å². The summed E-state index contributed by atoms with van der Waals surface area (Å²) in [7, 11) is 0. The molecule has 2 N–H and O–H groups in total. The molecule has 0 radical (unpaired) electrons. The molecule has 0 aliphatic rings. The number of pyridine rings is 1. The lowest BCUT2D eigenvalue weighted by atomic mass is 9.93. The number of nitrogens with two attached hydrogens (primary N) is 1. The maximum Gasteiger partial charge on any atom is 0.0299 e. The molecule has 2 nitrogen and oxygen atoms in total. The van der Waals surface area contributed by atoms with Crippen LogP contribution in [0.1, 0.15) is 29.9 Å². The Kier molecular flexibility index (Phi) is 4.91.